The summed E-state index contributed by atoms with van der Waals surface area (Å²) in [5.74, 6) is 0.423. The van der Waals surface area contributed by atoms with Crippen molar-refractivity contribution in [2.75, 3.05) is 24.5 Å². The van der Waals surface area contributed by atoms with Gasteiger partial charge in [0.15, 0.2) is 0 Å². The number of aldehydes is 2. The Morgan fingerprint density at radius 1 is 1.03 bits per heavy atom. The highest BCUT2D eigenvalue weighted by atomic mass is 16.2. The Kier molecular flexibility index (Phi) is 7.99. The van der Waals surface area contributed by atoms with Gasteiger partial charge in [-0.15, -0.1) is 0 Å². The predicted molar refractivity (Wildman–Crippen MR) is 124 cm³/mol. The lowest BCUT2D eigenvalue weighted by molar-refractivity contribution is -0.111. The maximum atomic E-state index is 12.9. The van der Waals surface area contributed by atoms with E-state index in [9.17, 15) is 14.4 Å². The molecule has 1 aliphatic heterocycles. The molecule has 0 bridgehead atoms. The van der Waals surface area contributed by atoms with E-state index in [-0.39, 0.29) is 11.9 Å². The summed E-state index contributed by atoms with van der Waals surface area (Å²) in [6, 6.07) is 15.3. The van der Waals surface area contributed by atoms with Gasteiger partial charge >= 0.3 is 0 Å². The maximum absolute atomic E-state index is 12.9. The quantitative estimate of drug-likeness (QED) is 0.551. The molecule has 1 atom stereocenters. The third-order valence-electron chi connectivity index (χ3n) is 6.26. The molecule has 1 unspecified atom stereocenters. The Bertz CT molecular complexity index is 869. The van der Waals surface area contributed by atoms with E-state index in [4.69, 9.17) is 0 Å². The number of carbonyl (C=O) groups excluding carboxylic acids is 3. The zero-order valence-electron chi connectivity index (χ0n) is 18.5. The van der Waals surface area contributed by atoms with E-state index in [2.05, 4.69) is 17.0 Å². The minimum absolute atomic E-state index is 0.0860. The third kappa shape index (κ3) is 5.40. The van der Waals surface area contributed by atoms with Crippen molar-refractivity contribution in [2.24, 2.45) is 0 Å². The zero-order chi connectivity index (χ0) is 22.2. The number of hydrogen-bond acceptors (Lipinski definition) is 4. The second-order valence-electron chi connectivity index (χ2n) is 8.18. The van der Waals surface area contributed by atoms with Crippen molar-refractivity contribution in [1.82, 2.24) is 4.90 Å². The van der Waals surface area contributed by atoms with Crippen molar-refractivity contribution in [1.29, 1.82) is 0 Å². The van der Waals surface area contributed by atoms with Gasteiger partial charge in [-0.2, -0.15) is 0 Å². The van der Waals surface area contributed by atoms with E-state index in [1.165, 1.54) is 5.56 Å². The minimum Gasteiger partial charge on any atom is -0.371 e. The van der Waals surface area contributed by atoms with E-state index < -0.39 is 0 Å². The molecule has 0 saturated carbocycles. The van der Waals surface area contributed by atoms with E-state index >= 15 is 0 Å². The number of anilines is 1. The number of rotatable bonds is 9. The Labute approximate surface area is 185 Å². The first kappa shape index (κ1) is 22.7. The molecule has 1 amide bonds. The molecule has 2 aromatic carbocycles. The van der Waals surface area contributed by atoms with Gasteiger partial charge in [0.2, 0.25) is 0 Å². The van der Waals surface area contributed by atoms with Gasteiger partial charge in [0.05, 0.1) is 6.04 Å². The van der Waals surface area contributed by atoms with Gasteiger partial charge in [-0.3, -0.25) is 9.59 Å². The van der Waals surface area contributed by atoms with E-state index in [0.717, 1.165) is 50.6 Å². The van der Waals surface area contributed by atoms with Crippen LogP contribution in [0.15, 0.2) is 48.5 Å². The summed E-state index contributed by atoms with van der Waals surface area (Å²) in [5.41, 5.74) is 3.75. The summed E-state index contributed by atoms with van der Waals surface area (Å²) < 4.78 is 0. The number of hydrogen-bond donors (Lipinski definition) is 0. The van der Waals surface area contributed by atoms with Gasteiger partial charge in [0.25, 0.3) is 5.91 Å². The van der Waals surface area contributed by atoms with Crippen molar-refractivity contribution >= 4 is 24.2 Å². The summed E-state index contributed by atoms with van der Waals surface area (Å²) in [6.45, 7) is 6.36. The first-order chi connectivity index (χ1) is 15.1. The molecule has 0 spiro atoms. The van der Waals surface area contributed by atoms with Gasteiger partial charge in [0.1, 0.15) is 12.6 Å². The molecule has 1 fully saturated rings. The van der Waals surface area contributed by atoms with Crippen LogP contribution in [0.1, 0.15) is 71.7 Å². The summed E-state index contributed by atoms with van der Waals surface area (Å²) >= 11 is 0. The molecule has 1 aliphatic rings. The lowest BCUT2D eigenvalue weighted by atomic mass is 9.89. The molecular formula is C26H32N2O3. The fourth-order valence-corrected chi connectivity index (χ4v) is 4.42. The predicted octanol–water partition coefficient (Wildman–Crippen LogP) is 4.71. The van der Waals surface area contributed by atoms with Crippen molar-refractivity contribution < 1.29 is 14.4 Å². The highest BCUT2D eigenvalue weighted by molar-refractivity contribution is 5.96. The number of piperidine rings is 1. The van der Waals surface area contributed by atoms with Crippen LogP contribution in [0.3, 0.4) is 0 Å². The number of amides is 1. The van der Waals surface area contributed by atoms with Crippen molar-refractivity contribution in [3.63, 3.8) is 0 Å². The van der Waals surface area contributed by atoms with Crippen molar-refractivity contribution in [3.8, 4) is 0 Å². The molecule has 0 aliphatic carbocycles. The molecule has 0 radical (unpaired) electrons. The molecule has 5 nitrogen and oxygen atoms in total. The lowest BCUT2D eigenvalue weighted by Gasteiger charge is -2.34. The molecule has 164 valence electrons. The smallest absolute Gasteiger partial charge is 0.254 e. The van der Waals surface area contributed by atoms with Crippen LogP contribution in [0.5, 0.6) is 0 Å². The van der Waals surface area contributed by atoms with Crippen LogP contribution in [0, 0.1) is 0 Å². The number of carbonyl (C=O) groups is 3. The molecule has 0 N–H and O–H groups in total. The SMILES string of the molecule is CCCC(C=O)N(CC)C(=O)c1ccc(N2CCC(c3ccc(C=O)cc3)CC2)cc1. The Balaban J connectivity index is 1.61. The molecule has 31 heavy (non-hydrogen) atoms. The van der Waals surface area contributed by atoms with E-state index in [1.807, 2.05) is 50.2 Å². The molecule has 2 aromatic rings. The van der Waals surface area contributed by atoms with E-state index in [1.54, 1.807) is 4.90 Å². The molecule has 1 saturated heterocycles. The number of likely N-dealkylation sites (N-methyl/N-ethyl adjacent to an activating group) is 1. The van der Waals surface area contributed by atoms with Gasteiger partial charge < -0.3 is 14.6 Å². The van der Waals surface area contributed by atoms with Gasteiger partial charge in [-0.1, -0.05) is 37.6 Å². The first-order valence-electron chi connectivity index (χ1n) is 11.3. The summed E-state index contributed by atoms with van der Waals surface area (Å²) in [6.07, 6.45) is 5.43. The first-order valence-corrected chi connectivity index (χ1v) is 11.3. The summed E-state index contributed by atoms with van der Waals surface area (Å²) in [5, 5.41) is 0. The van der Waals surface area contributed by atoms with Crippen LogP contribution in [0.25, 0.3) is 0 Å². The largest absolute Gasteiger partial charge is 0.371 e. The Morgan fingerprint density at radius 3 is 2.19 bits per heavy atom. The van der Waals surface area contributed by atoms with Gasteiger partial charge in [0, 0.05) is 36.4 Å². The average Bonchev–Trinajstić information content (AvgIpc) is 2.84. The van der Waals surface area contributed by atoms with Crippen molar-refractivity contribution in [3.05, 3.63) is 65.2 Å². The van der Waals surface area contributed by atoms with Gasteiger partial charge in [-0.05, 0) is 61.9 Å². The summed E-state index contributed by atoms with van der Waals surface area (Å²) in [7, 11) is 0. The van der Waals surface area contributed by atoms with Crippen LogP contribution >= 0.6 is 0 Å². The Hall–Kier alpha value is -2.95. The maximum Gasteiger partial charge on any atom is 0.254 e. The van der Waals surface area contributed by atoms with E-state index in [0.29, 0.717) is 30.0 Å². The fourth-order valence-electron chi connectivity index (χ4n) is 4.42. The second-order valence-corrected chi connectivity index (χ2v) is 8.18. The van der Waals surface area contributed by atoms with Crippen LogP contribution in [0.2, 0.25) is 0 Å². The van der Waals surface area contributed by atoms with Crippen LogP contribution in [0.4, 0.5) is 5.69 Å². The third-order valence-corrected chi connectivity index (χ3v) is 6.26. The highest BCUT2D eigenvalue weighted by Gasteiger charge is 2.24. The fraction of sp³-hybridized carbons (Fsp3) is 0.423. The highest BCUT2D eigenvalue weighted by Crippen LogP contribution is 2.30. The Morgan fingerprint density at radius 2 is 1.68 bits per heavy atom. The van der Waals surface area contributed by atoms with Crippen molar-refractivity contribution in [2.45, 2.75) is 51.5 Å². The van der Waals surface area contributed by atoms with Crippen LogP contribution in [-0.2, 0) is 4.79 Å². The molecule has 1 heterocycles. The number of benzene rings is 2. The average molecular weight is 421 g/mol. The zero-order valence-corrected chi connectivity index (χ0v) is 18.5. The summed E-state index contributed by atoms with van der Waals surface area (Å²) in [4.78, 5) is 39.2. The normalized spacial score (nSPS) is 15.4. The standard InChI is InChI=1S/C26H32N2O3/c1-3-5-25(19-30)28(4-2)26(31)23-10-12-24(13-11-23)27-16-14-22(15-17-27)21-8-6-20(18-29)7-9-21/h6-13,18-19,22,25H,3-5,14-17H2,1-2H3. The number of nitrogens with zero attached hydrogens (tertiary/aromatic N) is 2. The van der Waals surface area contributed by atoms with Crippen LogP contribution < -0.4 is 4.90 Å². The molecule has 5 heteroatoms. The van der Waals surface area contributed by atoms with Gasteiger partial charge in [-0.25, -0.2) is 0 Å². The monoisotopic (exact) mass is 420 g/mol. The molecular weight excluding hydrogens is 388 g/mol. The second kappa shape index (κ2) is 10.9. The molecule has 0 aromatic heterocycles. The lowest BCUT2D eigenvalue weighted by Crippen LogP contribution is -2.41. The molecule has 3 rings (SSSR count). The minimum atomic E-state index is -0.359. The van der Waals surface area contributed by atoms with Crippen LogP contribution in [-0.4, -0.2) is 49.1 Å². The topological polar surface area (TPSA) is 57.7 Å².